The molecule has 0 radical (unpaired) electrons. The number of piperidine rings is 1. The van der Waals surface area contributed by atoms with Crippen LogP contribution in [0, 0.1) is 5.92 Å². The molecule has 8 nitrogen and oxygen atoms in total. The number of hydrogen-bond donors (Lipinski definition) is 3. The summed E-state index contributed by atoms with van der Waals surface area (Å²) in [7, 11) is 0. The van der Waals surface area contributed by atoms with Crippen molar-refractivity contribution in [3.05, 3.63) is 0 Å². The fraction of sp³-hybridized carbons (Fsp3) is 1.00. The van der Waals surface area contributed by atoms with Gasteiger partial charge in [-0.3, -0.25) is 24.5 Å². The third-order valence-electron chi connectivity index (χ3n) is 5.86. The first kappa shape index (κ1) is 18.1. The number of nitrogens with zero attached hydrogens (tertiary/aromatic N) is 5. The van der Waals surface area contributed by atoms with Crippen LogP contribution in [0.5, 0.6) is 0 Å². The maximum Gasteiger partial charge on any atom is 0.0555 e. The Kier molecular flexibility index (Phi) is 6.54. The molecule has 0 amide bonds. The van der Waals surface area contributed by atoms with Crippen LogP contribution in [0.25, 0.3) is 0 Å². The smallest absolute Gasteiger partial charge is 0.0555 e. The Labute approximate surface area is 152 Å². The zero-order valence-electron chi connectivity index (χ0n) is 15.6. The Morgan fingerprint density at radius 3 is 1.68 bits per heavy atom. The number of nitrogens with one attached hydrogen (secondary N) is 3. The van der Waals surface area contributed by atoms with Gasteiger partial charge in [-0.15, -0.1) is 0 Å². The van der Waals surface area contributed by atoms with Crippen molar-refractivity contribution < 1.29 is 0 Å². The Morgan fingerprint density at radius 2 is 1.12 bits per heavy atom. The van der Waals surface area contributed by atoms with E-state index in [1.807, 2.05) is 0 Å². The van der Waals surface area contributed by atoms with Gasteiger partial charge in [-0.1, -0.05) is 0 Å². The van der Waals surface area contributed by atoms with Gasteiger partial charge in [0.2, 0.25) is 0 Å². The first-order chi connectivity index (χ1) is 12.3. The standard InChI is InChI=1S/C17H36N8/c1-3-18-4-2-17(1)9-23-10-19-5-7-21-12-24-14-22(8-6-20-11-23)15-25(13-21)16-24/h17-20H,1-16H2. The molecule has 4 bridgehead atoms. The molecule has 5 saturated heterocycles. The van der Waals surface area contributed by atoms with Gasteiger partial charge >= 0.3 is 0 Å². The predicted molar refractivity (Wildman–Crippen MR) is 99.5 cm³/mol. The zero-order valence-corrected chi connectivity index (χ0v) is 15.6. The molecule has 5 fully saturated rings. The highest BCUT2D eigenvalue weighted by Crippen LogP contribution is 2.15. The Morgan fingerprint density at radius 1 is 0.600 bits per heavy atom. The lowest BCUT2D eigenvalue weighted by atomic mass is 9.98. The summed E-state index contributed by atoms with van der Waals surface area (Å²) < 4.78 is 0. The molecular weight excluding hydrogens is 316 g/mol. The minimum Gasteiger partial charge on any atom is -0.317 e. The largest absolute Gasteiger partial charge is 0.317 e. The van der Waals surface area contributed by atoms with Gasteiger partial charge in [0.05, 0.1) is 33.3 Å². The van der Waals surface area contributed by atoms with Crippen molar-refractivity contribution in [2.45, 2.75) is 12.8 Å². The second-order valence-corrected chi connectivity index (χ2v) is 8.20. The monoisotopic (exact) mass is 352 g/mol. The minimum absolute atomic E-state index is 0.850. The number of rotatable bonds is 2. The maximum absolute atomic E-state index is 3.69. The van der Waals surface area contributed by atoms with E-state index in [-0.39, 0.29) is 0 Å². The average molecular weight is 353 g/mol. The van der Waals surface area contributed by atoms with Crippen molar-refractivity contribution in [1.29, 1.82) is 0 Å². The average Bonchev–Trinajstić information content (AvgIpc) is 2.62. The minimum atomic E-state index is 0.850. The van der Waals surface area contributed by atoms with E-state index in [1.165, 1.54) is 32.5 Å². The van der Waals surface area contributed by atoms with Crippen molar-refractivity contribution in [3.8, 4) is 0 Å². The van der Waals surface area contributed by atoms with Crippen molar-refractivity contribution in [2.75, 3.05) is 92.5 Å². The van der Waals surface area contributed by atoms with E-state index in [0.717, 1.165) is 78.8 Å². The van der Waals surface area contributed by atoms with Gasteiger partial charge in [0.15, 0.2) is 0 Å². The van der Waals surface area contributed by atoms with Crippen LogP contribution >= 0.6 is 0 Å². The lowest BCUT2D eigenvalue weighted by Crippen LogP contribution is -2.65. The summed E-state index contributed by atoms with van der Waals surface area (Å²) in [6.45, 7) is 15.6. The van der Waals surface area contributed by atoms with E-state index in [2.05, 4.69) is 40.4 Å². The first-order valence-corrected chi connectivity index (χ1v) is 10.1. The van der Waals surface area contributed by atoms with Gasteiger partial charge in [-0.05, 0) is 31.8 Å². The van der Waals surface area contributed by atoms with Crippen LogP contribution in [0.4, 0.5) is 0 Å². The Balaban J connectivity index is 1.30. The van der Waals surface area contributed by atoms with Crippen LogP contribution in [0.2, 0.25) is 0 Å². The van der Waals surface area contributed by atoms with Crippen LogP contribution in [-0.2, 0) is 0 Å². The number of fused-ring (bicyclic) bond motifs is 8. The molecule has 5 aliphatic heterocycles. The maximum atomic E-state index is 3.69. The van der Waals surface area contributed by atoms with Crippen LogP contribution in [0.3, 0.4) is 0 Å². The fourth-order valence-electron chi connectivity index (χ4n) is 4.62. The molecule has 0 aromatic rings. The molecule has 5 rings (SSSR count). The van der Waals surface area contributed by atoms with Gasteiger partial charge in [-0.25, -0.2) is 0 Å². The molecule has 0 atom stereocenters. The SMILES string of the molecule is C1CC(CN2CNCCN3CN4CN(CCNC2)CN(C3)C4)CCN1. The summed E-state index contributed by atoms with van der Waals surface area (Å²) in [5, 5.41) is 10.9. The molecule has 0 aromatic heterocycles. The summed E-state index contributed by atoms with van der Waals surface area (Å²) in [5.74, 6) is 0.850. The Bertz CT molecular complexity index is 364. The van der Waals surface area contributed by atoms with E-state index in [4.69, 9.17) is 0 Å². The molecule has 8 heteroatoms. The molecule has 0 unspecified atom stereocenters. The van der Waals surface area contributed by atoms with E-state index in [1.54, 1.807) is 0 Å². The Hall–Kier alpha value is -0.320. The van der Waals surface area contributed by atoms with Crippen molar-refractivity contribution in [1.82, 2.24) is 40.4 Å². The normalized spacial score (nSPS) is 39.4. The van der Waals surface area contributed by atoms with Gasteiger partial charge < -0.3 is 16.0 Å². The topological polar surface area (TPSA) is 52.3 Å². The van der Waals surface area contributed by atoms with Crippen LogP contribution in [0.1, 0.15) is 12.8 Å². The molecule has 5 aliphatic rings. The van der Waals surface area contributed by atoms with Gasteiger partial charge in [0.25, 0.3) is 0 Å². The third kappa shape index (κ3) is 5.33. The van der Waals surface area contributed by atoms with E-state index < -0.39 is 0 Å². The highest BCUT2D eigenvalue weighted by Gasteiger charge is 2.30. The molecule has 0 aromatic carbocycles. The van der Waals surface area contributed by atoms with Crippen LogP contribution < -0.4 is 16.0 Å². The van der Waals surface area contributed by atoms with E-state index in [0.29, 0.717) is 0 Å². The highest BCUT2D eigenvalue weighted by molar-refractivity contribution is 4.77. The highest BCUT2D eigenvalue weighted by atomic mass is 15.6. The van der Waals surface area contributed by atoms with Crippen LogP contribution in [0.15, 0.2) is 0 Å². The third-order valence-corrected chi connectivity index (χ3v) is 5.86. The molecule has 0 aliphatic carbocycles. The molecule has 3 N–H and O–H groups in total. The van der Waals surface area contributed by atoms with E-state index >= 15 is 0 Å². The summed E-state index contributed by atoms with van der Waals surface area (Å²) in [5.41, 5.74) is 0. The molecule has 144 valence electrons. The van der Waals surface area contributed by atoms with Gasteiger partial charge in [-0.2, -0.15) is 0 Å². The summed E-state index contributed by atoms with van der Waals surface area (Å²) in [6.07, 6.45) is 2.65. The zero-order chi connectivity index (χ0) is 16.9. The van der Waals surface area contributed by atoms with Crippen LogP contribution in [-0.4, -0.2) is 117 Å². The second kappa shape index (κ2) is 9.05. The molecule has 0 spiro atoms. The summed E-state index contributed by atoms with van der Waals surface area (Å²) in [4.78, 5) is 12.8. The quantitative estimate of drug-likeness (QED) is 0.551. The van der Waals surface area contributed by atoms with Crippen molar-refractivity contribution >= 4 is 0 Å². The lowest BCUT2D eigenvalue weighted by Gasteiger charge is -2.50. The molecular formula is C17H36N8. The lowest BCUT2D eigenvalue weighted by molar-refractivity contribution is -0.119. The molecule has 25 heavy (non-hydrogen) atoms. The first-order valence-electron chi connectivity index (χ1n) is 10.1. The van der Waals surface area contributed by atoms with Gasteiger partial charge in [0, 0.05) is 46.1 Å². The summed E-state index contributed by atoms with van der Waals surface area (Å²) >= 11 is 0. The number of hydrogen-bond acceptors (Lipinski definition) is 8. The van der Waals surface area contributed by atoms with Crippen molar-refractivity contribution in [3.63, 3.8) is 0 Å². The molecule has 5 heterocycles. The van der Waals surface area contributed by atoms with Gasteiger partial charge in [0.1, 0.15) is 0 Å². The summed E-state index contributed by atoms with van der Waals surface area (Å²) in [6, 6.07) is 0. The predicted octanol–water partition coefficient (Wildman–Crippen LogP) is -1.58. The molecule has 0 saturated carbocycles. The fourth-order valence-corrected chi connectivity index (χ4v) is 4.62. The van der Waals surface area contributed by atoms with Crippen molar-refractivity contribution in [2.24, 2.45) is 5.92 Å². The van der Waals surface area contributed by atoms with E-state index in [9.17, 15) is 0 Å². The second-order valence-electron chi connectivity index (χ2n) is 8.20.